The van der Waals surface area contributed by atoms with Crippen LogP contribution >= 0.6 is 0 Å². The van der Waals surface area contributed by atoms with Gasteiger partial charge in [0, 0.05) is 18.0 Å². The van der Waals surface area contributed by atoms with Crippen molar-refractivity contribution < 1.29 is 14.3 Å². The second kappa shape index (κ2) is 4.12. The Morgan fingerprint density at radius 1 is 1.28 bits per heavy atom. The molecule has 3 heterocycles. The zero-order valence-electron chi connectivity index (χ0n) is 9.60. The van der Waals surface area contributed by atoms with Gasteiger partial charge in [0.05, 0.1) is 24.0 Å². The maximum absolute atomic E-state index is 12.1. The van der Waals surface area contributed by atoms with Crippen molar-refractivity contribution in [3.63, 3.8) is 0 Å². The summed E-state index contributed by atoms with van der Waals surface area (Å²) in [5.74, 6) is -0.982. The fraction of sp³-hybridized carbons (Fsp3) is 0.636. The van der Waals surface area contributed by atoms with E-state index in [0.717, 1.165) is 0 Å². The number of likely N-dealkylation sites (tertiary alicyclic amines) is 1. The molecular weight excluding hydrogens is 236 g/mol. The summed E-state index contributed by atoms with van der Waals surface area (Å²) in [6.07, 6.45) is 3.75. The number of carbonyl (C=O) groups is 2. The second-order valence-electron chi connectivity index (χ2n) is 4.64. The Morgan fingerprint density at radius 3 is 2.44 bits per heavy atom. The third kappa shape index (κ3) is 1.45. The first-order chi connectivity index (χ1) is 8.74. The predicted molar refractivity (Wildman–Crippen MR) is 60.1 cm³/mol. The number of ether oxygens (including phenoxy) is 1. The van der Waals surface area contributed by atoms with Crippen molar-refractivity contribution in [1.82, 2.24) is 4.90 Å². The van der Waals surface area contributed by atoms with Crippen LogP contribution in [0.1, 0.15) is 6.42 Å². The van der Waals surface area contributed by atoms with Gasteiger partial charge in [-0.15, -0.1) is 0 Å². The van der Waals surface area contributed by atoms with E-state index >= 15 is 0 Å². The maximum Gasteiger partial charge on any atom is 0.236 e. The van der Waals surface area contributed by atoms with Crippen molar-refractivity contribution in [3.8, 4) is 0 Å². The van der Waals surface area contributed by atoms with E-state index in [-0.39, 0.29) is 35.9 Å². The summed E-state index contributed by atoms with van der Waals surface area (Å²) in [5, 5.41) is 3.39. The summed E-state index contributed by atoms with van der Waals surface area (Å²) in [5.41, 5.74) is 8.16. The van der Waals surface area contributed by atoms with Crippen molar-refractivity contribution in [1.29, 1.82) is 0 Å². The Balaban J connectivity index is 1.70. The van der Waals surface area contributed by atoms with E-state index in [4.69, 9.17) is 10.3 Å². The number of nitrogens with zero attached hydrogens (tertiary/aromatic N) is 4. The molecule has 2 saturated heterocycles. The number of amides is 2. The highest BCUT2D eigenvalue weighted by atomic mass is 16.5. The van der Waals surface area contributed by atoms with Crippen molar-refractivity contribution in [3.05, 3.63) is 22.6 Å². The molecule has 7 nitrogen and oxygen atoms in total. The van der Waals surface area contributed by atoms with Crippen LogP contribution < -0.4 is 0 Å². The molecule has 0 saturated carbocycles. The molecule has 2 amide bonds. The van der Waals surface area contributed by atoms with Gasteiger partial charge in [-0.25, -0.2) is 0 Å². The minimum absolute atomic E-state index is 0.150. The first-order valence-electron chi connectivity index (χ1n) is 5.94. The predicted octanol–water partition coefficient (Wildman–Crippen LogP) is 0.625. The third-order valence-corrected chi connectivity index (χ3v) is 3.70. The zero-order chi connectivity index (χ0) is 12.7. The minimum Gasteiger partial charge on any atom is -0.365 e. The maximum atomic E-state index is 12.1. The van der Waals surface area contributed by atoms with E-state index in [0.29, 0.717) is 19.5 Å². The van der Waals surface area contributed by atoms with E-state index in [9.17, 15) is 9.59 Å². The van der Waals surface area contributed by atoms with Gasteiger partial charge in [0.15, 0.2) is 0 Å². The molecule has 3 aliphatic heterocycles. The van der Waals surface area contributed by atoms with Crippen LogP contribution in [0.2, 0.25) is 0 Å². The highest BCUT2D eigenvalue weighted by Gasteiger charge is 2.60. The molecule has 0 N–H and O–H groups in total. The van der Waals surface area contributed by atoms with Gasteiger partial charge >= 0.3 is 0 Å². The topological polar surface area (TPSA) is 95.4 Å². The van der Waals surface area contributed by atoms with Crippen LogP contribution in [0.3, 0.4) is 0 Å². The summed E-state index contributed by atoms with van der Waals surface area (Å²) < 4.78 is 5.53. The highest BCUT2D eigenvalue weighted by Crippen LogP contribution is 2.44. The largest absolute Gasteiger partial charge is 0.365 e. The van der Waals surface area contributed by atoms with Crippen LogP contribution in [0.25, 0.3) is 10.4 Å². The van der Waals surface area contributed by atoms with E-state index in [1.807, 2.05) is 12.2 Å². The molecule has 0 aliphatic carbocycles. The van der Waals surface area contributed by atoms with E-state index in [1.165, 1.54) is 4.90 Å². The molecule has 2 fully saturated rings. The number of fused-ring (bicyclic) bond motifs is 5. The van der Waals surface area contributed by atoms with Crippen LogP contribution in [-0.4, -0.2) is 42.0 Å². The number of imide groups is 1. The van der Waals surface area contributed by atoms with Gasteiger partial charge in [0.25, 0.3) is 0 Å². The number of carbonyl (C=O) groups excluding carboxylic acids is 2. The van der Waals surface area contributed by atoms with Crippen molar-refractivity contribution in [2.24, 2.45) is 17.0 Å². The minimum atomic E-state index is -0.341. The average Bonchev–Trinajstić information content (AvgIpc) is 3.02. The highest BCUT2D eigenvalue weighted by molar-refractivity contribution is 6.06. The van der Waals surface area contributed by atoms with Gasteiger partial charge in [-0.1, -0.05) is 17.3 Å². The first kappa shape index (κ1) is 11.3. The Hall–Kier alpha value is -1.85. The van der Waals surface area contributed by atoms with Crippen LogP contribution in [0.15, 0.2) is 17.3 Å². The van der Waals surface area contributed by atoms with Gasteiger partial charge in [0.1, 0.15) is 0 Å². The average molecular weight is 248 g/mol. The van der Waals surface area contributed by atoms with Gasteiger partial charge < -0.3 is 4.74 Å². The molecule has 3 rings (SSSR count). The van der Waals surface area contributed by atoms with Gasteiger partial charge in [-0.3, -0.25) is 14.5 Å². The lowest BCUT2D eigenvalue weighted by molar-refractivity contribution is -0.142. The second-order valence-corrected chi connectivity index (χ2v) is 4.64. The molecular formula is C11H12N4O3. The molecule has 0 aromatic heterocycles. The van der Waals surface area contributed by atoms with Crippen molar-refractivity contribution >= 4 is 11.8 Å². The molecule has 94 valence electrons. The quantitative estimate of drug-likeness (QED) is 0.182. The lowest BCUT2D eigenvalue weighted by Gasteiger charge is -2.16. The molecule has 18 heavy (non-hydrogen) atoms. The smallest absolute Gasteiger partial charge is 0.236 e. The standard InChI is InChI=1S/C11H12N4O3/c12-14-13-4-1-5-15-10(16)8-6-2-3-7(18-6)9(8)11(15)17/h2-3,6-9H,1,4-5H2. The summed E-state index contributed by atoms with van der Waals surface area (Å²) in [4.78, 5) is 28.2. The molecule has 4 unspecified atom stereocenters. The summed E-state index contributed by atoms with van der Waals surface area (Å²) in [6.45, 7) is 0.619. The lowest BCUT2D eigenvalue weighted by Crippen LogP contribution is -2.35. The molecule has 0 aromatic rings. The first-order valence-corrected chi connectivity index (χ1v) is 5.94. The summed E-state index contributed by atoms with van der Waals surface area (Å²) in [6, 6.07) is 0. The number of rotatable bonds is 4. The van der Waals surface area contributed by atoms with Crippen LogP contribution in [-0.2, 0) is 14.3 Å². The molecule has 2 bridgehead atoms. The Bertz CT molecular complexity index is 453. The summed E-state index contributed by atoms with van der Waals surface area (Å²) in [7, 11) is 0. The Kier molecular flexibility index (Phi) is 2.57. The van der Waals surface area contributed by atoms with Crippen LogP contribution in [0, 0.1) is 11.8 Å². The molecule has 0 radical (unpaired) electrons. The zero-order valence-corrected chi connectivity index (χ0v) is 9.60. The molecule has 4 atom stereocenters. The Labute approximate surface area is 103 Å². The van der Waals surface area contributed by atoms with Gasteiger partial charge in [-0.2, -0.15) is 0 Å². The Morgan fingerprint density at radius 2 is 1.89 bits per heavy atom. The van der Waals surface area contributed by atoms with E-state index in [2.05, 4.69) is 10.0 Å². The van der Waals surface area contributed by atoms with Crippen molar-refractivity contribution in [2.45, 2.75) is 18.6 Å². The monoisotopic (exact) mass is 248 g/mol. The molecule has 3 aliphatic rings. The molecule has 7 heteroatoms. The van der Waals surface area contributed by atoms with E-state index < -0.39 is 0 Å². The normalized spacial score (nSPS) is 36.1. The number of hydrogen-bond donors (Lipinski definition) is 0. The summed E-state index contributed by atoms with van der Waals surface area (Å²) >= 11 is 0. The third-order valence-electron chi connectivity index (χ3n) is 3.70. The number of azide groups is 1. The SMILES string of the molecule is [N-]=[N+]=NCCCN1C(=O)C2C3C=CC(O3)C2C1=O. The van der Waals surface area contributed by atoms with Crippen LogP contribution in [0.4, 0.5) is 0 Å². The lowest BCUT2D eigenvalue weighted by atomic mass is 9.85. The van der Waals surface area contributed by atoms with Gasteiger partial charge in [-0.05, 0) is 12.0 Å². The molecule has 0 spiro atoms. The van der Waals surface area contributed by atoms with E-state index in [1.54, 1.807) is 0 Å². The van der Waals surface area contributed by atoms with Crippen LogP contribution in [0.5, 0.6) is 0 Å². The molecule has 0 aromatic carbocycles. The van der Waals surface area contributed by atoms with Crippen molar-refractivity contribution in [2.75, 3.05) is 13.1 Å². The fourth-order valence-electron chi connectivity index (χ4n) is 2.93. The van der Waals surface area contributed by atoms with Gasteiger partial charge in [0.2, 0.25) is 11.8 Å². The fourth-order valence-corrected chi connectivity index (χ4v) is 2.93. The number of hydrogen-bond acceptors (Lipinski definition) is 4.